The third-order valence-electron chi connectivity index (χ3n) is 1.73. The minimum atomic E-state index is -0.743. The number of hydrogen-bond acceptors (Lipinski definition) is 2. The van der Waals surface area contributed by atoms with Crippen LogP contribution in [0.15, 0.2) is 12.7 Å². The number of rotatable bonds is 3. The Morgan fingerprint density at radius 3 is 2.58 bits per heavy atom. The summed E-state index contributed by atoms with van der Waals surface area (Å²) >= 11 is 0. The molecule has 0 radical (unpaired) electrons. The van der Waals surface area contributed by atoms with Gasteiger partial charge >= 0.3 is 5.97 Å². The first-order valence-electron chi connectivity index (χ1n) is 3.66. The molecule has 0 rings (SSSR count). The van der Waals surface area contributed by atoms with Crippen LogP contribution in [-0.2, 0) is 9.53 Å². The van der Waals surface area contributed by atoms with Crippen LogP contribution < -0.4 is 0 Å². The van der Waals surface area contributed by atoms with Crippen LogP contribution in [0.5, 0.6) is 0 Å². The Hall–Kier alpha value is -1.30. The van der Waals surface area contributed by atoms with Crippen LogP contribution in [0.2, 0.25) is 0 Å². The number of esters is 1. The van der Waals surface area contributed by atoms with Crippen molar-refractivity contribution in [3.8, 4) is 0 Å². The summed E-state index contributed by atoms with van der Waals surface area (Å²) in [6.07, 6.45) is 1.10. The molecule has 0 aromatic carbocycles. The Morgan fingerprint density at radius 2 is 2.25 bits per heavy atom. The summed E-state index contributed by atoms with van der Waals surface area (Å²) in [6, 6.07) is -0.346. The molecule has 0 aliphatic carbocycles. The van der Waals surface area contributed by atoms with Crippen molar-refractivity contribution in [2.24, 2.45) is 0 Å². The summed E-state index contributed by atoms with van der Waals surface area (Å²) in [5, 5.41) is 0. The first kappa shape index (κ1) is 10.7. The van der Waals surface area contributed by atoms with Crippen LogP contribution in [0.3, 0.4) is 0 Å². The van der Waals surface area contributed by atoms with Crippen LogP contribution >= 0.6 is 0 Å². The Balaban J connectivity index is 4.33. The minimum Gasteiger partial charge on any atom is -0.448 e. The standard InChI is InChI=1S/C9H13NO2/c1-6-8(11)12-9(3,4)7(2)10-5/h6-7H,1H2,2-4H3. The molecular weight excluding hydrogens is 154 g/mol. The Morgan fingerprint density at radius 1 is 1.75 bits per heavy atom. The Bertz CT molecular complexity index is 225. The maximum Gasteiger partial charge on any atom is 0.330 e. The van der Waals surface area contributed by atoms with Gasteiger partial charge in [-0.1, -0.05) is 6.58 Å². The van der Waals surface area contributed by atoms with E-state index in [1.807, 2.05) is 0 Å². The predicted octanol–water partition coefficient (Wildman–Crippen LogP) is 1.80. The molecule has 12 heavy (non-hydrogen) atoms. The smallest absolute Gasteiger partial charge is 0.330 e. The lowest BCUT2D eigenvalue weighted by Gasteiger charge is -2.22. The molecule has 0 heterocycles. The third kappa shape index (κ3) is 2.75. The van der Waals surface area contributed by atoms with E-state index < -0.39 is 11.6 Å². The van der Waals surface area contributed by atoms with E-state index in [0.29, 0.717) is 0 Å². The Labute approximate surface area is 72.8 Å². The Kier molecular flexibility index (Phi) is 3.49. The highest BCUT2D eigenvalue weighted by atomic mass is 16.6. The van der Waals surface area contributed by atoms with Crippen LogP contribution in [0, 0.1) is 6.57 Å². The van der Waals surface area contributed by atoms with Gasteiger partial charge in [-0.05, 0) is 13.8 Å². The fraction of sp³-hybridized carbons (Fsp3) is 0.556. The molecule has 0 aromatic rings. The van der Waals surface area contributed by atoms with E-state index >= 15 is 0 Å². The van der Waals surface area contributed by atoms with Gasteiger partial charge in [0.05, 0.1) is 0 Å². The third-order valence-corrected chi connectivity index (χ3v) is 1.73. The van der Waals surface area contributed by atoms with Crippen molar-refractivity contribution in [2.45, 2.75) is 32.4 Å². The molecule has 0 aromatic heterocycles. The maximum absolute atomic E-state index is 10.8. The lowest BCUT2D eigenvalue weighted by Crippen LogP contribution is -2.36. The van der Waals surface area contributed by atoms with Gasteiger partial charge in [-0.15, -0.1) is 0 Å². The number of hydrogen-bond donors (Lipinski definition) is 0. The van der Waals surface area contributed by atoms with Gasteiger partial charge < -0.3 is 9.58 Å². The highest BCUT2D eigenvalue weighted by Crippen LogP contribution is 2.17. The van der Waals surface area contributed by atoms with E-state index in [0.717, 1.165) is 6.08 Å². The number of nitrogens with zero attached hydrogens (tertiary/aromatic N) is 1. The number of ether oxygens (including phenoxy) is 1. The normalized spacial score (nSPS) is 12.8. The second kappa shape index (κ2) is 3.91. The summed E-state index contributed by atoms with van der Waals surface area (Å²) < 4.78 is 4.97. The second-order valence-corrected chi connectivity index (χ2v) is 3.03. The molecule has 0 spiro atoms. The van der Waals surface area contributed by atoms with E-state index in [1.54, 1.807) is 20.8 Å². The van der Waals surface area contributed by atoms with Gasteiger partial charge in [-0.25, -0.2) is 11.4 Å². The minimum absolute atomic E-state index is 0.346. The van der Waals surface area contributed by atoms with E-state index in [9.17, 15) is 4.79 Å². The van der Waals surface area contributed by atoms with Gasteiger partial charge in [0.25, 0.3) is 6.04 Å². The van der Waals surface area contributed by atoms with Gasteiger partial charge in [-0.3, -0.25) is 0 Å². The zero-order valence-electron chi connectivity index (χ0n) is 7.63. The zero-order chi connectivity index (χ0) is 9.78. The van der Waals surface area contributed by atoms with Gasteiger partial charge in [0.1, 0.15) is 0 Å². The van der Waals surface area contributed by atoms with Crippen LogP contribution in [0.25, 0.3) is 4.85 Å². The highest BCUT2D eigenvalue weighted by molar-refractivity contribution is 5.81. The van der Waals surface area contributed by atoms with Crippen molar-refractivity contribution in [2.75, 3.05) is 0 Å². The van der Waals surface area contributed by atoms with Gasteiger partial charge in [0.15, 0.2) is 5.60 Å². The lowest BCUT2D eigenvalue weighted by atomic mass is 10.0. The van der Waals surface area contributed by atoms with Crippen molar-refractivity contribution in [3.05, 3.63) is 24.1 Å². The topological polar surface area (TPSA) is 30.7 Å². The summed E-state index contributed by atoms with van der Waals surface area (Å²) in [6.45, 7) is 15.2. The molecule has 0 bridgehead atoms. The fourth-order valence-corrected chi connectivity index (χ4v) is 0.542. The second-order valence-electron chi connectivity index (χ2n) is 3.03. The number of carbonyl (C=O) groups excluding carboxylic acids is 1. The predicted molar refractivity (Wildman–Crippen MR) is 46.4 cm³/mol. The molecule has 0 aliphatic heterocycles. The summed E-state index contributed by atoms with van der Waals surface area (Å²) in [5.74, 6) is -0.490. The molecule has 3 heteroatoms. The maximum atomic E-state index is 10.8. The summed E-state index contributed by atoms with van der Waals surface area (Å²) in [4.78, 5) is 14.1. The average molecular weight is 167 g/mol. The van der Waals surface area contributed by atoms with Crippen LogP contribution in [0.4, 0.5) is 0 Å². The average Bonchev–Trinajstić information content (AvgIpc) is 2.02. The van der Waals surface area contributed by atoms with Crippen molar-refractivity contribution < 1.29 is 9.53 Å². The van der Waals surface area contributed by atoms with Crippen molar-refractivity contribution in [1.82, 2.24) is 0 Å². The van der Waals surface area contributed by atoms with Crippen LogP contribution in [-0.4, -0.2) is 17.6 Å². The molecule has 0 fully saturated rings. The first-order chi connectivity index (χ1) is 5.44. The van der Waals surface area contributed by atoms with Crippen molar-refractivity contribution in [1.29, 1.82) is 0 Å². The molecule has 0 amide bonds. The lowest BCUT2D eigenvalue weighted by molar-refractivity contribution is -0.150. The molecule has 0 saturated heterocycles. The molecule has 1 unspecified atom stereocenters. The van der Waals surface area contributed by atoms with Gasteiger partial charge in [0, 0.05) is 13.0 Å². The van der Waals surface area contributed by atoms with E-state index in [4.69, 9.17) is 11.3 Å². The zero-order valence-corrected chi connectivity index (χ0v) is 7.63. The monoisotopic (exact) mass is 167 g/mol. The van der Waals surface area contributed by atoms with Crippen molar-refractivity contribution >= 4 is 5.97 Å². The number of carbonyl (C=O) groups is 1. The molecule has 66 valence electrons. The van der Waals surface area contributed by atoms with E-state index in [1.165, 1.54) is 0 Å². The fourth-order valence-electron chi connectivity index (χ4n) is 0.542. The molecule has 1 atom stereocenters. The van der Waals surface area contributed by atoms with Crippen LogP contribution in [0.1, 0.15) is 20.8 Å². The van der Waals surface area contributed by atoms with Crippen molar-refractivity contribution in [3.63, 3.8) is 0 Å². The van der Waals surface area contributed by atoms with Gasteiger partial charge in [-0.2, -0.15) is 0 Å². The first-order valence-corrected chi connectivity index (χ1v) is 3.66. The summed E-state index contributed by atoms with van der Waals surface area (Å²) in [7, 11) is 0. The largest absolute Gasteiger partial charge is 0.448 e. The molecule has 3 nitrogen and oxygen atoms in total. The molecule has 0 saturated carbocycles. The molecular formula is C9H13NO2. The SMILES string of the molecule is [C-]#[N+]C(C)C(C)(C)OC(=O)C=C. The van der Waals surface area contributed by atoms with Gasteiger partial charge in [0.2, 0.25) is 0 Å². The summed E-state index contributed by atoms with van der Waals surface area (Å²) in [5.41, 5.74) is -0.743. The van der Waals surface area contributed by atoms with E-state index in [-0.39, 0.29) is 6.04 Å². The highest BCUT2D eigenvalue weighted by Gasteiger charge is 2.34. The molecule has 0 N–H and O–H groups in total. The quantitative estimate of drug-likeness (QED) is 0.364. The molecule has 0 aliphatic rings. The van der Waals surface area contributed by atoms with E-state index in [2.05, 4.69) is 11.4 Å².